The Bertz CT molecular complexity index is 934. The Morgan fingerprint density at radius 1 is 1.03 bits per heavy atom. The van der Waals surface area contributed by atoms with Crippen LogP contribution in [0.3, 0.4) is 0 Å². The maximum absolute atomic E-state index is 13.9. The van der Waals surface area contributed by atoms with Gasteiger partial charge < -0.3 is 11.1 Å². The minimum Gasteiger partial charge on any atom is -0.366 e. The Hall–Kier alpha value is -2.83. The van der Waals surface area contributed by atoms with E-state index in [1.54, 1.807) is 31.2 Å². The zero-order valence-corrected chi connectivity index (χ0v) is 16.8. The van der Waals surface area contributed by atoms with Crippen LogP contribution in [0.25, 0.3) is 0 Å². The van der Waals surface area contributed by atoms with Crippen LogP contribution in [-0.4, -0.2) is 17.9 Å². The number of primary amides is 1. The van der Waals surface area contributed by atoms with Gasteiger partial charge in [0.25, 0.3) is 0 Å². The van der Waals surface area contributed by atoms with Crippen molar-refractivity contribution in [3.05, 3.63) is 70.3 Å². The summed E-state index contributed by atoms with van der Waals surface area (Å²) in [6.07, 6.45) is -0.0344. The first-order valence-corrected chi connectivity index (χ1v) is 10.1. The minimum atomic E-state index is -4.74. The molecule has 0 spiro atoms. The molecule has 1 aliphatic rings. The molecule has 0 aliphatic heterocycles. The largest absolute Gasteiger partial charge is 0.416 e. The van der Waals surface area contributed by atoms with Crippen molar-refractivity contribution in [3.63, 3.8) is 0 Å². The van der Waals surface area contributed by atoms with Crippen LogP contribution in [0, 0.1) is 6.92 Å². The summed E-state index contributed by atoms with van der Waals surface area (Å²) in [5.74, 6) is -2.56. The van der Waals surface area contributed by atoms with E-state index in [1.807, 2.05) is 0 Å². The fraction of sp³-hybridized carbons (Fsp3) is 0.391. The first kappa shape index (κ1) is 21.9. The topological polar surface area (TPSA) is 72.2 Å². The van der Waals surface area contributed by atoms with Gasteiger partial charge in [0.05, 0.1) is 11.5 Å². The molecule has 7 heteroatoms. The van der Waals surface area contributed by atoms with Gasteiger partial charge in [0, 0.05) is 11.6 Å². The van der Waals surface area contributed by atoms with Crippen LogP contribution in [0.1, 0.15) is 70.6 Å². The fourth-order valence-electron chi connectivity index (χ4n) is 4.10. The van der Waals surface area contributed by atoms with Crippen LogP contribution < -0.4 is 11.1 Å². The molecule has 0 bridgehead atoms. The number of benzene rings is 2. The van der Waals surface area contributed by atoms with E-state index in [0.29, 0.717) is 11.1 Å². The van der Waals surface area contributed by atoms with Gasteiger partial charge in [0.1, 0.15) is 0 Å². The third-order valence-electron chi connectivity index (χ3n) is 5.67. The van der Waals surface area contributed by atoms with Gasteiger partial charge >= 0.3 is 6.18 Å². The van der Waals surface area contributed by atoms with E-state index in [-0.39, 0.29) is 17.2 Å². The molecule has 0 radical (unpaired) electrons. The molecule has 0 saturated heterocycles. The Morgan fingerprint density at radius 3 is 2.30 bits per heavy atom. The fourth-order valence-corrected chi connectivity index (χ4v) is 4.10. The van der Waals surface area contributed by atoms with Crippen LogP contribution in [-0.2, 0) is 11.0 Å². The first-order valence-electron chi connectivity index (χ1n) is 10.1. The molecule has 1 aliphatic carbocycles. The number of hydrogen-bond donors (Lipinski definition) is 2. The molecular weight excluding hydrogens is 393 g/mol. The summed E-state index contributed by atoms with van der Waals surface area (Å²) >= 11 is 0. The van der Waals surface area contributed by atoms with E-state index in [2.05, 4.69) is 5.32 Å². The highest BCUT2D eigenvalue weighted by Crippen LogP contribution is 2.39. The van der Waals surface area contributed by atoms with Gasteiger partial charge in [0.15, 0.2) is 0 Å². The highest BCUT2D eigenvalue weighted by atomic mass is 19.4. The summed E-state index contributed by atoms with van der Waals surface area (Å²) in [6.45, 7) is 1.77. The van der Waals surface area contributed by atoms with Crippen molar-refractivity contribution in [2.45, 2.75) is 57.2 Å². The highest BCUT2D eigenvalue weighted by Gasteiger charge is 2.39. The minimum absolute atomic E-state index is 0.0444. The molecule has 1 fully saturated rings. The molecule has 1 unspecified atom stereocenters. The number of alkyl halides is 3. The quantitative estimate of drug-likeness (QED) is 0.739. The highest BCUT2D eigenvalue weighted by molar-refractivity contribution is 5.94. The van der Waals surface area contributed by atoms with Gasteiger partial charge in [-0.1, -0.05) is 49.6 Å². The lowest BCUT2D eigenvalue weighted by Crippen LogP contribution is -2.40. The second-order valence-electron chi connectivity index (χ2n) is 7.80. The molecule has 3 rings (SSSR count). The second kappa shape index (κ2) is 8.90. The van der Waals surface area contributed by atoms with E-state index in [9.17, 15) is 22.8 Å². The van der Waals surface area contributed by atoms with Crippen LogP contribution in [0.4, 0.5) is 13.2 Å². The lowest BCUT2D eigenvalue weighted by molar-refractivity contribution is -0.138. The number of aryl methyl sites for hydroxylation is 1. The van der Waals surface area contributed by atoms with Crippen molar-refractivity contribution < 1.29 is 22.8 Å². The van der Waals surface area contributed by atoms with Gasteiger partial charge in [-0.15, -0.1) is 0 Å². The third-order valence-corrected chi connectivity index (χ3v) is 5.67. The van der Waals surface area contributed by atoms with Crippen molar-refractivity contribution >= 4 is 11.8 Å². The van der Waals surface area contributed by atoms with E-state index in [4.69, 9.17) is 5.73 Å². The predicted octanol–water partition coefficient (Wildman–Crippen LogP) is 4.69. The second-order valence-corrected chi connectivity index (χ2v) is 7.80. The van der Waals surface area contributed by atoms with Crippen LogP contribution in [0.15, 0.2) is 42.5 Å². The molecule has 160 valence electrons. The Kier molecular flexibility index (Phi) is 6.48. The Labute approximate surface area is 173 Å². The molecule has 2 aromatic rings. The van der Waals surface area contributed by atoms with Crippen LogP contribution >= 0.6 is 0 Å². The molecule has 0 aromatic heterocycles. The molecule has 4 nitrogen and oxygen atoms in total. The van der Waals surface area contributed by atoms with E-state index < -0.39 is 29.5 Å². The number of halogens is 3. The molecular formula is C23H25F3N2O2. The predicted molar refractivity (Wildman–Crippen MR) is 108 cm³/mol. The summed E-state index contributed by atoms with van der Waals surface area (Å²) in [6, 6.07) is 10.0. The van der Waals surface area contributed by atoms with Crippen molar-refractivity contribution in [2.24, 2.45) is 5.73 Å². The smallest absolute Gasteiger partial charge is 0.366 e. The maximum atomic E-state index is 13.9. The molecule has 0 heterocycles. The Morgan fingerprint density at radius 2 is 1.70 bits per heavy atom. The number of nitrogens with two attached hydrogens (primary N) is 1. The number of hydrogen-bond acceptors (Lipinski definition) is 2. The zero-order valence-electron chi connectivity index (χ0n) is 16.8. The Balaban J connectivity index is 2.11. The maximum Gasteiger partial charge on any atom is 0.416 e. The molecule has 30 heavy (non-hydrogen) atoms. The molecule has 1 atom stereocenters. The lowest BCUT2D eigenvalue weighted by atomic mass is 9.83. The van der Waals surface area contributed by atoms with Crippen LogP contribution in [0.2, 0.25) is 0 Å². The summed E-state index contributed by atoms with van der Waals surface area (Å²) in [4.78, 5) is 24.7. The van der Waals surface area contributed by atoms with Crippen molar-refractivity contribution in [2.75, 3.05) is 0 Å². The average Bonchev–Trinajstić information content (AvgIpc) is 2.69. The van der Waals surface area contributed by atoms with Crippen molar-refractivity contribution in [1.29, 1.82) is 0 Å². The van der Waals surface area contributed by atoms with Crippen LogP contribution in [0.5, 0.6) is 0 Å². The van der Waals surface area contributed by atoms with E-state index >= 15 is 0 Å². The van der Waals surface area contributed by atoms with Gasteiger partial charge in [0.2, 0.25) is 11.8 Å². The standard InChI is InChI=1S/C23H25F3N2O2/c1-14-7-5-6-10-17(14)20(22(30)28-16-8-3-2-4-9-16)18-12-11-15(21(27)29)13-19(18)23(24,25)26/h5-7,10-13,16,20H,2-4,8-9H2,1H3,(H2,27,29)(H,28,30). The summed E-state index contributed by atoms with van der Waals surface area (Å²) in [5, 5.41) is 2.96. The average molecular weight is 418 g/mol. The number of rotatable bonds is 5. The molecule has 1 saturated carbocycles. The molecule has 2 amide bonds. The van der Waals surface area contributed by atoms with E-state index in [0.717, 1.165) is 38.2 Å². The SMILES string of the molecule is Cc1ccccc1C(C(=O)NC1CCCCC1)c1ccc(C(N)=O)cc1C(F)(F)F. The summed E-state index contributed by atoms with van der Waals surface area (Å²) in [5.41, 5.74) is 4.95. The van der Waals surface area contributed by atoms with Gasteiger partial charge in [-0.3, -0.25) is 9.59 Å². The monoisotopic (exact) mass is 418 g/mol. The number of amides is 2. The van der Waals surface area contributed by atoms with Crippen molar-refractivity contribution in [3.8, 4) is 0 Å². The van der Waals surface area contributed by atoms with Crippen molar-refractivity contribution in [1.82, 2.24) is 5.32 Å². The van der Waals surface area contributed by atoms with E-state index in [1.165, 1.54) is 12.1 Å². The first-order chi connectivity index (χ1) is 14.2. The molecule has 2 aromatic carbocycles. The number of nitrogens with one attached hydrogen (secondary N) is 1. The number of carbonyl (C=O) groups excluding carboxylic acids is 2. The van der Waals surface area contributed by atoms with Gasteiger partial charge in [-0.25, -0.2) is 0 Å². The lowest BCUT2D eigenvalue weighted by Gasteiger charge is -2.28. The third kappa shape index (κ3) is 4.83. The molecule has 3 N–H and O–H groups in total. The summed E-state index contributed by atoms with van der Waals surface area (Å²) < 4.78 is 41.7. The zero-order chi connectivity index (χ0) is 21.9. The van der Waals surface area contributed by atoms with Gasteiger partial charge in [-0.2, -0.15) is 13.2 Å². The normalized spacial score (nSPS) is 16.1. The number of carbonyl (C=O) groups is 2. The van der Waals surface area contributed by atoms with Gasteiger partial charge in [-0.05, 0) is 48.6 Å². The summed E-state index contributed by atoms with van der Waals surface area (Å²) in [7, 11) is 0.